The summed E-state index contributed by atoms with van der Waals surface area (Å²) in [4.78, 5) is 1.99. The quantitative estimate of drug-likeness (QED) is 0.683. The van der Waals surface area contributed by atoms with Crippen LogP contribution in [0.15, 0.2) is 0 Å². The predicted molar refractivity (Wildman–Crippen MR) is 46.6 cm³/mol. The number of alkyl halides is 2. The van der Waals surface area contributed by atoms with E-state index in [0.29, 0.717) is 6.54 Å². The summed E-state index contributed by atoms with van der Waals surface area (Å²) in [5.74, 6) is 0. The molecule has 0 amide bonds. The highest BCUT2D eigenvalue weighted by Crippen LogP contribution is 1.99. The van der Waals surface area contributed by atoms with Gasteiger partial charge >= 0.3 is 0 Å². The lowest BCUT2D eigenvalue weighted by atomic mass is 10.3. The first-order chi connectivity index (χ1) is 5.45. The van der Waals surface area contributed by atoms with E-state index in [1.165, 1.54) is 6.92 Å². The van der Waals surface area contributed by atoms with Crippen LogP contribution in [0.25, 0.3) is 0 Å². The molecule has 0 heterocycles. The van der Waals surface area contributed by atoms with Crippen molar-refractivity contribution in [3.63, 3.8) is 0 Å². The molecule has 0 spiro atoms. The summed E-state index contributed by atoms with van der Waals surface area (Å²) in [6.45, 7) is 4.08. The predicted octanol–water partition coefficient (Wildman–Crippen LogP) is 1.18. The molecule has 0 aromatic heterocycles. The second-order valence-electron chi connectivity index (χ2n) is 3.34. The standard InChI is InChI=1S/C8H18F2N2/c1-6(12(3)4)5-11-7(2)8(9)10/h6-8,11H,5H2,1-4H3. The van der Waals surface area contributed by atoms with Crippen LogP contribution in [-0.4, -0.2) is 44.0 Å². The van der Waals surface area contributed by atoms with Crippen molar-refractivity contribution in [3.8, 4) is 0 Å². The van der Waals surface area contributed by atoms with Gasteiger partial charge in [-0.1, -0.05) is 0 Å². The Morgan fingerprint density at radius 1 is 1.25 bits per heavy atom. The van der Waals surface area contributed by atoms with Crippen molar-refractivity contribution in [3.05, 3.63) is 0 Å². The van der Waals surface area contributed by atoms with Gasteiger partial charge in [0.2, 0.25) is 0 Å². The molecule has 4 heteroatoms. The highest BCUT2D eigenvalue weighted by molar-refractivity contribution is 4.68. The topological polar surface area (TPSA) is 15.3 Å². The van der Waals surface area contributed by atoms with Gasteiger partial charge in [0.05, 0.1) is 6.04 Å². The maximum Gasteiger partial charge on any atom is 0.253 e. The van der Waals surface area contributed by atoms with Crippen molar-refractivity contribution in [2.24, 2.45) is 0 Å². The van der Waals surface area contributed by atoms with Crippen LogP contribution in [0, 0.1) is 0 Å². The summed E-state index contributed by atoms with van der Waals surface area (Å²) in [6, 6.07) is -0.432. The fourth-order valence-corrected chi connectivity index (χ4v) is 0.628. The van der Waals surface area contributed by atoms with Crippen molar-refractivity contribution in [1.82, 2.24) is 10.2 Å². The molecular formula is C8H18F2N2. The lowest BCUT2D eigenvalue weighted by Gasteiger charge is -2.22. The summed E-state index contributed by atoms with van der Waals surface area (Å²) >= 11 is 0. The number of likely N-dealkylation sites (N-methyl/N-ethyl adjacent to an activating group) is 1. The molecule has 0 fully saturated rings. The SMILES string of the molecule is CC(NCC(C)N(C)C)C(F)F. The van der Waals surface area contributed by atoms with Gasteiger partial charge in [-0.2, -0.15) is 0 Å². The Morgan fingerprint density at radius 3 is 2.08 bits per heavy atom. The number of rotatable bonds is 5. The smallest absolute Gasteiger partial charge is 0.253 e. The number of nitrogens with one attached hydrogen (secondary N) is 1. The normalized spacial score (nSPS) is 17.0. The molecule has 0 saturated carbocycles. The lowest BCUT2D eigenvalue weighted by molar-refractivity contribution is 0.102. The summed E-state index contributed by atoms with van der Waals surface area (Å²) in [6.07, 6.45) is -2.28. The molecule has 0 aliphatic heterocycles. The van der Waals surface area contributed by atoms with E-state index < -0.39 is 12.5 Å². The van der Waals surface area contributed by atoms with Gasteiger partial charge in [-0.25, -0.2) is 8.78 Å². The molecule has 2 atom stereocenters. The second-order valence-corrected chi connectivity index (χ2v) is 3.34. The maximum absolute atomic E-state index is 12.0. The zero-order chi connectivity index (χ0) is 9.72. The van der Waals surface area contributed by atoms with E-state index in [2.05, 4.69) is 5.32 Å². The van der Waals surface area contributed by atoms with Crippen molar-refractivity contribution < 1.29 is 8.78 Å². The summed E-state index contributed by atoms with van der Waals surface area (Å²) in [5, 5.41) is 2.77. The molecule has 0 aliphatic rings. The zero-order valence-electron chi connectivity index (χ0n) is 8.14. The van der Waals surface area contributed by atoms with Gasteiger partial charge in [0.15, 0.2) is 0 Å². The minimum atomic E-state index is -2.28. The van der Waals surface area contributed by atoms with Crippen molar-refractivity contribution in [2.75, 3.05) is 20.6 Å². The summed E-state index contributed by atoms with van der Waals surface area (Å²) in [5.41, 5.74) is 0. The van der Waals surface area contributed by atoms with Crippen LogP contribution < -0.4 is 5.32 Å². The molecule has 74 valence electrons. The van der Waals surface area contributed by atoms with Crippen LogP contribution in [0.2, 0.25) is 0 Å². The molecule has 0 aromatic carbocycles. The van der Waals surface area contributed by atoms with Crippen LogP contribution in [-0.2, 0) is 0 Å². The fourth-order valence-electron chi connectivity index (χ4n) is 0.628. The highest BCUT2D eigenvalue weighted by atomic mass is 19.3. The first-order valence-corrected chi connectivity index (χ1v) is 4.13. The monoisotopic (exact) mass is 180 g/mol. The first-order valence-electron chi connectivity index (χ1n) is 4.13. The Bertz CT molecular complexity index is 104. The van der Waals surface area contributed by atoms with Crippen molar-refractivity contribution in [2.45, 2.75) is 32.4 Å². The minimum Gasteiger partial charge on any atom is -0.308 e. The van der Waals surface area contributed by atoms with E-state index in [4.69, 9.17) is 0 Å². The van der Waals surface area contributed by atoms with E-state index in [1.807, 2.05) is 25.9 Å². The Labute approximate surface area is 72.9 Å². The molecule has 2 nitrogen and oxygen atoms in total. The lowest BCUT2D eigenvalue weighted by Crippen LogP contribution is -2.41. The van der Waals surface area contributed by atoms with Gasteiger partial charge < -0.3 is 10.2 Å². The highest BCUT2D eigenvalue weighted by Gasteiger charge is 2.14. The number of nitrogens with zero attached hydrogens (tertiary/aromatic N) is 1. The second kappa shape index (κ2) is 5.43. The van der Waals surface area contributed by atoms with Gasteiger partial charge in [-0.15, -0.1) is 0 Å². The summed E-state index contributed by atoms with van der Waals surface area (Å²) in [7, 11) is 3.86. The molecule has 2 unspecified atom stereocenters. The molecule has 0 aliphatic carbocycles. The fraction of sp³-hybridized carbons (Fsp3) is 1.00. The average molecular weight is 180 g/mol. The summed E-state index contributed by atoms with van der Waals surface area (Å²) < 4.78 is 24.0. The Kier molecular flexibility index (Phi) is 5.33. The van der Waals surface area contributed by atoms with Gasteiger partial charge in [-0.05, 0) is 27.9 Å². The number of hydrogen-bond acceptors (Lipinski definition) is 2. The van der Waals surface area contributed by atoms with E-state index >= 15 is 0 Å². The molecule has 1 N–H and O–H groups in total. The first kappa shape index (κ1) is 11.8. The molecule has 0 rings (SSSR count). The van der Waals surface area contributed by atoms with Crippen LogP contribution in [0.4, 0.5) is 8.78 Å². The van der Waals surface area contributed by atoms with Crippen LogP contribution in [0.5, 0.6) is 0 Å². The molecule has 0 bridgehead atoms. The number of halogens is 2. The van der Waals surface area contributed by atoms with Crippen molar-refractivity contribution in [1.29, 1.82) is 0 Å². The van der Waals surface area contributed by atoms with Gasteiger partial charge in [0, 0.05) is 12.6 Å². The molecule has 12 heavy (non-hydrogen) atoms. The van der Waals surface area contributed by atoms with E-state index in [9.17, 15) is 8.78 Å². The van der Waals surface area contributed by atoms with Crippen LogP contribution in [0.1, 0.15) is 13.8 Å². The van der Waals surface area contributed by atoms with Crippen LogP contribution >= 0.6 is 0 Å². The van der Waals surface area contributed by atoms with Crippen LogP contribution in [0.3, 0.4) is 0 Å². The van der Waals surface area contributed by atoms with E-state index in [1.54, 1.807) is 0 Å². The molecule has 0 radical (unpaired) electrons. The third-order valence-electron chi connectivity index (χ3n) is 1.99. The molecule has 0 saturated heterocycles. The molecule has 0 aromatic rings. The van der Waals surface area contributed by atoms with E-state index in [-0.39, 0.29) is 6.04 Å². The third kappa shape index (κ3) is 4.62. The number of hydrogen-bond donors (Lipinski definition) is 1. The van der Waals surface area contributed by atoms with E-state index in [0.717, 1.165) is 0 Å². The largest absolute Gasteiger partial charge is 0.308 e. The minimum absolute atomic E-state index is 0.284. The Balaban J connectivity index is 3.54. The molecular weight excluding hydrogens is 162 g/mol. The van der Waals surface area contributed by atoms with Gasteiger partial charge in [0.25, 0.3) is 6.43 Å². The van der Waals surface area contributed by atoms with Gasteiger partial charge in [0.1, 0.15) is 0 Å². The Morgan fingerprint density at radius 2 is 1.75 bits per heavy atom. The third-order valence-corrected chi connectivity index (χ3v) is 1.99. The average Bonchev–Trinajstić information content (AvgIpc) is 1.98. The van der Waals surface area contributed by atoms with Gasteiger partial charge in [-0.3, -0.25) is 0 Å². The Hall–Kier alpha value is -0.220. The van der Waals surface area contributed by atoms with Crippen molar-refractivity contribution >= 4 is 0 Å². The maximum atomic E-state index is 12.0. The zero-order valence-corrected chi connectivity index (χ0v) is 8.14.